The number of ether oxygens (including phenoxy) is 10. The van der Waals surface area contributed by atoms with Gasteiger partial charge < -0.3 is 47.4 Å². The minimum atomic E-state index is -0.758. The maximum atomic E-state index is 11.8. The standard InChI is InChI=1S/C25H42O11/c1-3-5-7-27-17-13-33-23-19(15-35-21(17)23)29-9-11-31-25(26)32-12-10-30-20-16-36-22-18(14-34-24(20)22)28-8-6-4-2/h17-24H,3-16H2,1-2H3/t17-,18-,19+,20+,21-,22-,23-,24-/m1/s1. The summed E-state index contributed by atoms with van der Waals surface area (Å²) in [5.41, 5.74) is 0. The van der Waals surface area contributed by atoms with Gasteiger partial charge in [-0.25, -0.2) is 4.79 Å². The van der Waals surface area contributed by atoms with Crippen LogP contribution >= 0.6 is 0 Å². The predicted molar refractivity (Wildman–Crippen MR) is 125 cm³/mol. The van der Waals surface area contributed by atoms with Gasteiger partial charge >= 0.3 is 6.16 Å². The van der Waals surface area contributed by atoms with Crippen LogP contribution in [0.4, 0.5) is 4.79 Å². The second-order valence-electron chi connectivity index (χ2n) is 9.48. The van der Waals surface area contributed by atoms with Gasteiger partial charge in [-0.15, -0.1) is 0 Å². The molecular formula is C25H42O11. The third-order valence-corrected chi connectivity index (χ3v) is 6.86. The summed E-state index contributed by atoms with van der Waals surface area (Å²) >= 11 is 0. The number of hydrogen-bond donors (Lipinski definition) is 0. The van der Waals surface area contributed by atoms with Gasteiger partial charge in [0.15, 0.2) is 0 Å². The highest BCUT2D eigenvalue weighted by atomic mass is 16.7. The summed E-state index contributed by atoms with van der Waals surface area (Å²) < 4.78 is 56.8. The van der Waals surface area contributed by atoms with Crippen LogP contribution in [0.5, 0.6) is 0 Å². The maximum absolute atomic E-state index is 11.8. The molecule has 8 atom stereocenters. The van der Waals surface area contributed by atoms with Crippen LogP contribution in [0.25, 0.3) is 0 Å². The highest BCUT2D eigenvalue weighted by Crippen LogP contribution is 2.31. The fraction of sp³-hybridized carbons (Fsp3) is 0.960. The largest absolute Gasteiger partial charge is 0.508 e. The summed E-state index contributed by atoms with van der Waals surface area (Å²) in [7, 11) is 0. The van der Waals surface area contributed by atoms with Gasteiger partial charge in [-0.2, -0.15) is 0 Å². The van der Waals surface area contributed by atoms with Crippen molar-refractivity contribution in [2.24, 2.45) is 0 Å². The van der Waals surface area contributed by atoms with E-state index in [9.17, 15) is 4.79 Å². The molecule has 0 aliphatic carbocycles. The normalized spacial score (nSPS) is 35.2. The lowest BCUT2D eigenvalue weighted by molar-refractivity contribution is -0.0656. The van der Waals surface area contributed by atoms with Crippen molar-refractivity contribution in [2.45, 2.75) is 88.4 Å². The third kappa shape index (κ3) is 7.50. The van der Waals surface area contributed by atoms with E-state index in [2.05, 4.69) is 13.8 Å². The highest BCUT2D eigenvalue weighted by molar-refractivity contribution is 5.59. The molecule has 4 saturated heterocycles. The van der Waals surface area contributed by atoms with Crippen molar-refractivity contribution < 1.29 is 52.2 Å². The van der Waals surface area contributed by atoms with E-state index in [1.54, 1.807) is 0 Å². The van der Waals surface area contributed by atoms with Gasteiger partial charge in [0.1, 0.15) is 62.0 Å². The first-order valence-electron chi connectivity index (χ1n) is 13.4. The van der Waals surface area contributed by atoms with E-state index in [0.29, 0.717) is 39.6 Å². The third-order valence-electron chi connectivity index (χ3n) is 6.86. The zero-order valence-electron chi connectivity index (χ0n) is 21.5. The lowest BCUT2D eigenvalue weighted by Gasteiger charge is -2.18. The molecule has 4 heterocycles. The molecule has 0 aromatic carbocycles. The number of fused-ring (bicyclic) bond motifs is 2. The van der Waals surface area contributed by atoms with Gasteiger partial charge in [0.05, 0.1) is 39.6 Å². The monoisotopic (exact) mass is 518 g/mol. The summed E-state index contributed by atoms with van der Waals surface area (Å²) in [6.45, 7) is 8.20. The summed E-state index contributed by atoms with van der Waals surface area (Å²) in [6, 6.07) is 0. The van der Waals surface area contributed by atoms with Crippen molar-refractivity contribution in [1.82, 2.24) is 0 Å². The van der Waals surface area contributed by atoms with Crippen LogP contribution in [-0.2, 0) is 47.4 Å². The van der Waals surface area contributed by atoms with Crippen LogP contribution in [-0.4, -0.2) is 121 Å². The molecule has 0 amide bonds. The fourth-order valence-electron chi connectivity index (χ4n) is 4.88. The Hall–Kier alpha value is -1.05. The van der Waals surface area contributed by atoms with E-state index < -0.39 is 6.16 Å². The molecule has 208 valence electrons. The highest BCUT2D eigenvalue weighted by Gasteiger charge is 2.49. The van der Waals surface area contributed by atoms with Gasteiger partial charge in [-0.3, -0.25) is 0 Å². The Bertz CT molecular complexity index is 597. The van der Waals surface area contributed by atoms with Crippen LogP contribution in [0.2, 0.25) is 0 Å². The summed E-state index contributed by atoms with van der Waals surface area (Å²) in [6.07, 6.45) is 2.45. The second kappa shape index (κ2) is 14.8. The molecule has 4 aliphatic heterocycles. The number of unbranched alkanes of at least 4 members (excludes halogenated alkanes) is 2. The quantitative estimate of drug-likeness (QED) is 0.221. The average molecular weight is 519 g/mol. The molecule has 4 aliphatic rings. The molecule has 0 saturated carbocycles. The van der Waals surface area contributed by atoms with Crippen molar-refractivity contribution in [2.75, 3.05) is 66.1 Å². The smallest absolute Gasteiger partial charge is 0.432 e. The Morgan fingerprint density at radius 3 is 1.22 bits per heavy atom. The van der Waals surface area contributed by atoms with E-state index in [1.165, 1.54) is 0 Å². The Morgan fingerprint density at radius 2 is 0.889 bits per heavy atom. The minimum Gasteiger partial charge on any atom is -0.432 e. The number of carbonyl (C=O) groups is 1. The van der Waals surface area contributed by atoms with Crippen molar-refractivity contribution in [3.63, 3.8) is 0 Å². The first kappa shape index (κ1) is 28.0. The zero-order chi connectivity index (χ0) is 25.2. The van der Waals surface area contributed by atoms with E-state index in [0.717, 1.165) is 25.7 Å². The molecule has 36 heavy (non-hydrogen) atoms. The Labute approximate surface area is 213 Å². The Kier molecular flexibility index (Phi) is 11.5. The van der Waals surface area contributed by atoms with E-state index in [4.69, 9.17) is 47.4 Å². The average Bonchev–Trinajstić information content (AvgIpc) is 3.65. The molecule has 11 heteroatoms. The lowest BCUT2D eigenvalue weighted by atomic mass is 10.1. The van der Waals surface area contributed by atoms with Crippen LogP contribution in [0.3, 0.4) is 0 Å². The lowest BCUT2D eigenvalue weighted by Crippen LogP contribution is -2.35. The van der Waals surface area contributed by atoms with Crippen molar-refractivity contribution in [1.29, 1.82) is 0 Å². The molecule has 4 fully saturated rings. The Morgan fingerprint density at radius 1 is 0.556 bits per heavy atom. The summed E-state index contributed by atoms with van der Waals surface area (Å²) in [5, 5.41) is 0. The summed E-state index contributed by atoms with van der Waals surface area (Å²) in [4.78, 5) is 11.8. The predicted octanol–water partition coefficient (Wildman–Crippen LogP) is 1.88. The number of carbonyl (C=O) groups excluding carboxylic acids is 1. The number of hydrogen-bond acceptors (Lipinski definition) is 11. The van der Waals surface area contributed by atoms with E-state index in [-0.39, 0.29) is 75.3 Å². The fourth-order valence-corrected chi connectivity index (χ4v) is 4.88. The SMILES string of the molecule is CCCCO[C@@H]1CO[C@H]2[C@@H]1OC[C@@H]2OCCOC(=O)OCCO[C@H]1CO[C@H]2[C@@H]1OC[C@H]2OCCCC. The molecule has 0 unspecified atom stereocenters. The molecule has 0 aromatic heterocycles. The first-order valence-corrected chi connectivity index (χ1v) is 13.4. The van der Waals surface area contributed by atoms with Crippen LogP contribution in [0, 0.1) is 0 Å². The molecule has 0 spiro atoms. The molecule has 0 N–H and O–H groups in total. The second-order valence-corrected chi connectivity index (χ2v) is 9.48. The van der Waals surface area contributed by atoms with Gasteiger partial charge in [-0.05, 0) is 12.8 Å². The molecule has 11 nitrogen and oxygen atoms in total. The molecule has 0 aromatic rings. The topological polar surface area (TPSA) is 109 Å². The molecule has 0 bridgehead atoms. The molecule has 0 radical (unpaired) electrons. The van der Waals surface area contributed by atoms with Crippen LogP contribution < -0.4 is 0 Å². The van der Waals surface area contributed by atoms with E-state index in [1.807, 2.05) is 0 Å². The van der Waals surface area contributed by atoms with Crippen molar-refractivity contribution >= 4 is 6.16 Å². The molecule has 4 rings (SSSR count). The number of rotatable bonds is 16. The maximum Gasteiger partial charge on any atom is 0.508 e. The van der Waals surface area contributed by atoms with Crippen molar-refractivity contribution in [3.05, 3.63) is 0 Å². The Balaban J connectivity index is 1.01. The van der Waals surface area contributed by atoms with E-state index >= 15 is 0 Å². The van der Waals surface area contributed by atoms with Crippen molar-refractivity contribution in [3.8, 4) is 0 Å². The van der Waals surface area contributed by atoms with Crippen LogP contribution in [0.15, 0.2) is 0 Å². The molecular weight excluding hydrogens is 476 g/mol. The van der Waals surface area contributed by atoms with Gasteiger partial charge in [-0.1, -0.05) is 26.7 Å². The zero-order valence-corrected chi connectivity index (χ0v) is 21.5. The van der Waals surface area contributed by atoms with Gasteiger partial charge in [0.25, 0.3) is 0 Å². The minimum absolute atomic E-state index is 0.0499. The van der Waals surface area contributed by atoms with Gasteiger partial charge in [0.2, 0.25) is 0 Å². The summed E-state index contributed by atoms with van der Waals surface area (Å²) in [5.74, 6) is 0. The van der Waals surface area contributed by atoms with Crippen LogP contribution in [0.1, 0.15) is 39.5 Å². The van der Waals surface area contributed by atoms with Gasteiger partial charge in [0, 0.05) is 13.2 Å². The first-order chi connectivity index (χ1) is 17.7.